The van der Waals surface area contributed by atoms with E-state index in [1.807, 2.05) is 0 Å². The molecule has 234 valence electrons. The van der Waals surface area contributed by atoms with E-state index < -0.39 is 46.8 Å². The summed E-state index contributed by atoms with van der Waals surface area (Å²) in [4.78, 5) is 24.7. The molecule has 2 aliphatic heterocycles. The number of carbonyl (C=O) groups excluding carboxylic acids is 2. The zero-order valence-corrected chi connectivity index (χ0v) is 23.2. The minimum Gasteiger partial charge on any atom is -0.488 e. The first kappa shape index (κ1) is 31.2. The summed E-state index contributed by atoms with van der Waals surface area (Å²) in [5.41, 5.74) is -0.440. The molecule has 0 radical (unpaired) electrons. The maximum Gasteiger partial charge on any atom is 0.420 e. The smallest absolute Gasteiger partial charge is 0.420 e. The normalized spacial score (nSPS) is 17.1. The predicted octanol–water partition coefficient (Wildman–Crippen LogP) is 5.62. The number of benzene rings is 3. The lowest BCUT2D eigenvalue weighted by Gasteiger charge is -2.14. The van der Waals surface area contributed by atoms with Gasteiger partial charge in [0.05, 0.1) is 13.2 Å². The van der Waals surface area contributed by atoms with Crippen LogP contribution in [0, 0.1) is 11.6 Å². The molecular weight excluding hydrogens is 595 g/mol. The number of hydrogen-bond donors (Lipinski definition) is 0. The van der Waals surface area contributed by atoms with Gasteiger partial charge in [-0.15, -0.1) is 0 Å². The third-order valence-corrected chi connectivity index (χ3v) is 6.59. The molecule has 0 aliphatic carbocycles. The molecule has 2 fully saturated rings. The summed E-state index contributed by atoms with van der Waals surface area (Å²) in [7, 11) is 0. The summed E-state index contributed by atoms with van der Waals surface area (Å²) in [5, 5.41) is 0. The molecular formula is C31H27F5O8. The van der Waals surface area contributed by atoms with Gasteiger partial charge >= 0.3 is 18.1 Å². The van der Waals surface area contributed by atoms with E-state index in [9.17, 15) is 31.5 Å². The monoisotopic (exact) mass is 622 g/mol. The first-order valence-electron chi connectivity index (χ1n) is 13.7. The Morgan fingerprint density at radius 3 is 1.64 bits per heavy atom. The van der Waals surface area contributed by atoms with Gasteiger partial charge in [-0.05, 0) is 66.4 Å². The van der Waals surface area contributed by atoms with Gasteiger partial charge in [0.2, 0.25) is 0 Å². The number of aryl methyl sites for hydroxylation is 2. The highest BCUT2D eigenvalue weighted by Gasteiger charge is 2.36. The fourth-order valence-electron chi connectivity index (χ4n) is 4.06. The fourth-order valence-corrected chi connectivity index (χ4v) is 4.06. The maximum atomic E-state index is 14.3. The molecule has 13 heteroatoms. The lowest BCUT2D eigenvalue weighted by atomic mass is 10.1. The van der Waals surface area contributed by atoms with Crippen LogP contribution >= 0.6 is 0 Å². The third-order valence-electron chi connectivity index (χ3n) is 6.59. The zero-order valence-electron chi connectivity index (χ0n) is 23.2. The summed E-state index contributed by atoms with van der Waals surface area (Å²) < 4.78 is 100. The molecule has 0 aromatic heterocycles. The van der Waals surface area contributed by atoms with Crippen molar-refractivity contribution >= 4 is 11.9 Å². The molecule has 2 aliphatic rings. The molecule has 0 spiro atoms. The molecule has 0 saturated carbocycles. The molecule has 0 amide bonds. The average Bonchev–Trinajstić information content (AvgIpc) is 3.90. The van der Waals surface area contributed by atoms with E-state index >= 15 is 0 Å². The average molecular weight is 623 g/mol. The van der Waals surface area contributed by atoms with Crippen LogP contribution in [-0.4, -0.2) is 50.6 Å². The molecule has 8 nitrogen and oxygen atoms in total. The van der Waals surface area contributed by atoms with E-state index in [2.05, 4.69) is 0 Å². The van der Waals surface area contributed by atoms with Crippen molar-refractivity contribution in [1.82, 2.24) is 0 Å². The molecule has 44 heavy (non-hydrogen) atoms. The summed E-state index contributed by atoms with van der Waals surface area (Å²) in [6.45, 7) is 1.56. The first-order valence-corrected chi connectivity index (χ1v) is 13.7. The van der Waals surface area contributed by atoms with Crippen LogP contribution < -0.4 is 18.9 Å². The summed E-state index contributed by atoms with van der Waals surface area (Å²) in [6, 6.07) is 10.8. The van der Waals surface area contributed by atoms with E-state index in [1.165, 1.54) is 30.3 Å². The molecule has 3 aromatic carbocycles. The van der Waals surface area contributed by atoms with Crippen molar-refractivity contribution in [2.24, 2.45) is 0 Å². The van der Waals surface area contributed by atoms with Crippen LogP contribution in [0.3, 0.4) is 0 Å². The van der Waals surface area contributed by atoms with Gasteiger partial charge in [-0.25, -0.2) is 8.78 Å². The molecule has 2 saturated heterocycles. The number of esters is 2. The van der Waals surface area contributed by atoms with Gasteiger partial charge in [-0.3, -0.25) is 9.59 Å². The van der Waals surface area contributed by atoms with Crippen molar-refractivity contribution in [2.45, 2.75) is 44.1 Å². The maximum absolute atomic E-state index is 14.3. The van der Waals surface area contributed by atoms with Crippen LogP contribution in [-0.2, 0) is 38.1 Å². The van der Waals surface area contributed by atoms with Crippen LogP contribution in [0.25, 0.3) is 0 Å². The Labute approximate surface area is 248 Å². The van der Waals surface area contributed by atoms with Crippen molar-refractivity contribution < 1.29 is 60.0 Å². The highest BCUT2D eigenvalue weighted by molar-refractivity contribution is 5.74. The lowest BCUT2D eigenvalue weighted by Crippen LogP contribution is -2.15. The minimum absolute atomic E-state index is 0.00783. The van der Waals surface area contributed by atoms with E-state index in [1.54, 1.807) is 6.07 Å². The second-order valence-corrected chi connectivity index (χ2v) is 10.2. The highest BCUT2D eigenvalue weighted by atomic mass is 19.4. The number of rotatable bonds is 14. The minimum atomic E-state index is -4.94. The molecule has 5 rings (SSSR count). The van der Waals surface area contributed by atoms with Crippen LogP contribution in [0.15, 0.2) is 54.6 Å². The van der Waals surface area contributed by atoms with Crippen LogP contribution in [0.4, 0.5) is 22.0 Å². The first-order chi connectivity index (χ1) is 21.0. The van der Waals surface area contributed by atoms with Gasteiger partial charge in [0.1, 0.15) is 42.5 Å². The van der Waals surface area contributed by atoms with Crippen LogP contribution in [0.1, 0.15) is 29.5 Å². The van der Waals surface area contributed by atoms with E-state index in [4.69, 9.17) is 28.4 Å². The molecule has 3 aromatic rings. The van der Waals surface area contributed by atoms with Gasteiger partial charge in [0, 0.05) is 12.8 Å². The Morgan fingerprint density at radius 2 is 1.18 bits per heavy atom. The van der Waals surface area contributed by atoms with Gasteiger partial charge in [-0.2, -0.15) is 13.2 Å². The molecule has 2 unspecified atom stereocenters. The number of carbonyl (C=O) groups is 2. The Morgan fingerprint density at radius 1 is 0.705 bits per heavy atom. The number of alkyl halides is 3. The summed E-state index contributed by atoms with van der Waals surface area (Å²) >= 11 is 0. The zero-order chi connectivity index (χ0) is 31.3. The highest BCUT2D eigenvalue weighted by Crippen LogP contribution is 2.39. The second kappa shape index (κ2) is 13.6. The van der Waals surface area contributed by atoms with Crippen molar-refractivity contribution in [2.75, 3.05) is 26.4 Å². The van der Waals surface area contributed by atoms with E-state index in [0.717, 1.165) is 12.1 Å². The van der Waals surface area contributed by atoms with Gasteiger partial charge in [0.15, 0.2) is 23.1 Å². The van der Waals surface area contributed by atoms with Crippen molar-refractivity contribution in [3.63, 3.8) is 0 Å². The lowest BCUT2D eigenvalue weighted by molar-refractivity contribution is -0.143. The Bertz CT molecular complexity index is 1500. The second-order valence-electron chi connectivity index (χ2n) is 10.2. The molecule has 0 bridgehead atoms. The standard InChI is InChI=1S/C31H27F5O8/c32-24-11-18(1-6-27(24)41-16-21-14-39-21)3-9-29(37)43-20-5-8-26(23(13-20)31(34,35)36)44-30(38)10-4-19-2-7-28(25(33)12-19)42-17-22-15-40-22/h1-2,5-8,11-13,21-22H,3-4,9-10,14-17H2. The Balaban J connectivity index is 1.12. The van der Waals surface area contributed by atoms with E-state index in [-0.39, 0.29) is 62.6 Å². The third kappa shape index (κ3) is 9.13. The Hall–Kier alpha value is -4.23. The molecule has 2 atom stereocenters. The topological polar surface area (TPSA) is 96.1 Å². The van der Waals surface area contributed by atoms with E-state index in [0.29, 0.717) is 30.4 Å². The predicted molar refractivity (Wildman–Crippen MR) is 143 cm³/mol. The molecule has 0 N–H and O–H groups in total. The number of ether oxygens (including phenoxy) is 6. The van der Waals surface area contributed by atoms with Gasteiger partial charge in [0.25, 0.3) is 0 Å². The molecule has 2 heterocycles. The quantitative estimate of drug-likeness (QED) is 0.0991. The largest absolute Gasteiger partial charge is 0.488 e. The van der Waals surface area contributed by atoms with Crippen molar-refractivity contribution in [3.05, 3.63) is 82.9 Å². The van der Waals surface area contributed by atoms with Crippen molar-refractivity contribution in [3.8, 4) is 23.0 Å². The Kier molecular flexibility index (Phi) is 9.64. The summed E-state index contributed by atoms with van der Waals surface area (Å²) in [6.07, 6.45) is -5.52. The van der Waals surface area contributed by atoms with Crippen LogP contribution in [0.5, 0.6) is 23.0 Å². The fraction of sp³-hybridized carbons (Fsp3) is 0.355. The SMILES string of the molecule is O=C(CCc1ccc(OCC2CO2)c(F)c1)Oc1ccc(OC(=O)CCc2ccc(OCC3CO3)c(F)c2)c(C(F)(F)F)c1. The number of halogens is 5. The van der Waals surface area contributed by atoms with Crippen LogP contribution in [0.2, 0.25) is 0 Å². The number of hydrogen-bond acceptors (Lipinski definition) is 8. The van der Waals surface area contributed by atoms with Gasteiger partial charge in [-0.1, -0.05) is 12.1 Å². The van der Waals surface area contributed by atoms with Gasteiger partial charge < -0.3 is 28.4 Å². The number of epoxide rings is 2. The van der Waals surface area contributed by atoms with Crippen molar-refractivity contribution in [1.29, 1.82) is 0 Å². The summed E-state index contributed by atoms with van der Waals surface area (Å²) in [5.74, 6) is -4.20.